The van der Waals surface area contributed by atoms with Gasteiger partial charge in [0, 0.05) is 32.7 Å². The number of rotatable bonds is 3. The molecule has 1 aliphatic heterocycles. The maximum Gasteiger partial charge on any atom is 0.230 e. The van der Waals surface area contributed by atoms with Crippen molar-refractivity contribution in [2.24, 2.45) is 11.1 Å². The topological polar surface area (TPSA) is 49.6 Å². The Kier molecular flexibility index (Phi) is 8.29. The second-order valence-electron chi connectivity index (χ2n) is 5.42. The van der Waals surface area contributed by atoms with Gasteiger partial charge < -0.3 is 15.5 Å². The van der Waals surface area contributed by atoms with Gasteiger partial charge in [-0.2, -0.15) is 0 Å². The molecule has 0 unspecified atom stereocenters. The zero-order valence-corrected chi connectivity index (χ0v) is 13.4. The van der Waals surface area contributed by atoms with Gasteiger partial charge in [0.25, 0.3) is 0 Å². The number of carbonyl (C=O) groups excluding carboxylic acids is 1. The van der Waals surface area contributed by atoms with Crippen LogP contribution in [0.3, 0.4) is 0 Å². The van der Waals surface area contributed by atoms with E-state index < -0.39 is 0 Å². The Morgan fingerprint density at radius 1 is 1.11 bits per heavy atom. The van der Waals surface area contributed by atoms with Crippen molar-refractivity contribution in [2.45, 2.75) is 32.6 Å². The SMILES string of the molecule is CCN1CCN(C(=O)C2(CN)CCCC2)CC1.Cl.Cl. The van der Waals surface area contributed by atoms with Gasteiger partial charge in [-0.1, -0.05) is 19.8 Å². The molecule has 1 amide bonds. The molecule has 2 rings (SSSR count). The van der Waals surface area contributed by atoms with Crippen molar-refractivity contribution in [3.8, 4) is 0 Å². The number of likely N-dealkylation sites (N-methyl/N-ethyl adjacent to an activating group) is 1. The van der Waals surface area contributed by atoms with E-state index in [4.69, 9.17) is 5.73 Å². The Hall–Kier alpha value is -0.0300. The van der Waals surface area contributed by atoms with Crippen molar-refractivity contribution in [2.75, 3.05) is 39.3 Å². The highest BCUT2D eigenvalue weighted by Crippen LogP contribution is 2.38. The fourth-order valence-corrected chi connectivity index (χ4v) is 3.16. The van der Waals surface area contributed by atoms with E-state index in [9.17, 15) is 4.79 Å². The molecule has 1 saturated carbocycles. The second kappa shape index (κ2) is 8.30. The molecule has 2 aliphatic rings. The van der Waals surface area contributed by atoms with Crippen LogP contribution in [0.1, 0.15) is 32.6 Å². The zero-order chi connectivity index (χ0) is 12.3. The van der Waals surface area contributed by atoms with Crippen molar-refractivity contribution in [1.29, 1.82) is 0 Å². The molecule has 0 bridgehead atoms. The molecule has 0 atom stereocenters. The lowest BCUT2D eigenvalue weighted by Gasteiger charge is -2.39. The van der Waals surface area contributed by atoms with Crippen LogP contribution < -0.4 is 5.73 Å². The average molecular weight is 312 g/mol. The Balaban J connectivity index is 0.00000162. The average Bonchev–Trinajstić information content (AvgIpc) is 2.88. The van der Waals surface area contributed by atoms with Crippen LogP contribution in [-0.4, -0.2) is 55.0 Å². The number of amides is 1. The van der Waals surface area contributed by atoms with Crippen molar-refractivity contribution in [1.82, 2.24) is 9.80 Å². The highest BCUT2D eigenvalue weighted by atomic mass is 35.5. The number of hydrogen-bond donors (Lipinski definition) is 1. The number of hydrogen-bond acceptors (Lipinski definition) is 3. The molecular formula is C13H27Cl2N3O. The summed E-state index contributed by atoms with van der Waals surface area (Å²) < 4.78 is 0. The largest absolute Gasteiger partial charge is 0.340 e. The maximum atomic E-state index is 12.6. The molecule has 2 fully saturated rings. The first-order chi connectivity index (χ1) is 8.22. The van der Waals surface area contributed by atoms with Gasteiger partial charge >= 0.3 is 0 Å². The Labute approximate surface area is 128 Å². The number of carbonyl (C=O) groups is 1. The lowest BCUT2D eigenvalue weighted by molar-refractivity contribution is -0.143. The summed E-state index contributed by atoms with van der Waals surface area (Å²) in [6.07, 6.45) is 4.32. The molecule has 6 heteroatoms. The summed E-state index contributed by atoms with van der Waals surface area (Å²) in [5.41, 5.74) is 5.66. The third-order valence-corrected chi connectivity index (χ3v) is 4.51. The fourth-order valence-electron chi connectivity index (χ4n) is 3.16. The molecule has 1 aliphatic carbocycles. The van der Waals surface area contributed by atoms with Gasteiger partial charge in [-0.3, -0.25) is 4.79 Å². The third kappa shape index (κ3) is 3.97. The molecule has 114 valence electrons. The van der Waals surface area contributed by atoms with Gasteiger partial charge in [0.2, 0.25) is 5.91 Å². The van der Waals surface area contributed by atoms with Gasteiger partial charge in [0.05, 0.1) is 5.41 Å². The Morgan fingerprint density at radius 2 is 1.63 bits per heavy atom. The van der Waals surface area contributed by atoms with Crippen LogP contribution >= 0.6 is 24.8 Å². The van der Waals surface area contributed by atoms with E-state index in [1.807, 2.05) is 4.90 Å². The van der Waals surface area contributed by atoms with E-state index in [1.54, 1.807) is 0 Å². The summed E-state index contributed by atoms with van der Waals surface area (Å²) in [4.78, 5) is 17.0. The van der Waals surface area contributed by atoms with Gasteiger partial charge in [0.15, 0.2) is 0 Å². The molecule has 1 saturated heterocycles. The van der Waals surface area contributed by atoms with E-state index in [0.29, 0.717) is 12.5 Å². The highest BCUT2D eigenvalue weighted by molar-refractivity contribution is 5.85. The first-order valence-corrected chi connectivity index (χ1v) is 6.93. The first kappa shape index (κ1) is 19.0. The van der Waals surface area contributed by atoms with Gasteiger partial charge in [-0.25, -0.2) is 0 Å². The molecule has 4 nitrogen and oxygen atoms in total. The predicted octanol–water partition coefficient (Wildman–Crippen LogP) is 1.51. The molecule has 0 aromatic heterocycles. The summed E-state index contributed by atoms with van der Waals surface area (Å²) in [5, 5.41) is 0. The number of nitrogens with two attached hydrogens (primary N) is 1. The lowest BCUT2D eigenvalue weighted by atomic mass is 9.84. The van der Waals surface area contributed by atoms with Crippen LogP contribution in [0.2, 0.25) is 0 Å². The zero-order valence-electron chi connectivity index (χ0n) is 11.8. The number of nitrogens with zero attached hydrogens (tertiary/aromatic N) is 2. The van der Waals surface area contributed by atoms with Crippen molar-refractivity contribution in [3.63, 3.8) is 0 Å². The van der Waals surface area contributed by atoms with Crippen LogP contribution in [0.4, 0.5) is 0 Å². The van der Waals surface area contributed by atoms with Crippen LogP contribution in [0, 0.1) is 5.41 Å². The number of halogens is 2. The quantitative estimate of drug-likeness (QED) is 0.859. The summed E-state index contributed by atoms with van der Waals surface area (Å²) in [7, 11) is 0. The number of piperazine rings is 1. The third-order valence-electron chi connectivity index (χ3n) is 4.51. The minimum Gasteiger partial charge on any atom is -0.340 e. The summed E-state index contributed by atoms with van der Waals surface area (Å²) >= 11 is 0. The minimum atomic E-state index is -0.214. The Morgan fingerprint density at radius 3 is 2.05 bits per heavy atom. The van der Waals surface area contributed by atoms with Crippen LogP contribution in [0.5, 0.6) is 0 Å². The van der Waals surface area contributed by atoms with Gasteiger partial charge in [-0.15, -0.1) is 24.8 Å². The van der Waals surface area contributed by atoms with Crippen LogP contribution in [-0.2, 0) is 4.79 Å². The van der Waals surface area contributed by atoms with Crippen LogP contribution in [0.25, 0.3) is 0 Å². The van der Waals surface area contributed by atoms with Crippen LogP contribution in [0.15, 0.2) is 0 Å². The smallest absolute Gasteiger partial charge is 0.230 e. The molecule has 1 heterocycles. The summed E-state index contributed by atoms with van der Waals surface area (Å²) in [6, 6.07) is 0. The monoisotopic (exact) mass is 311 g/mol. The minimum absolute atomic E-state index is 0. The standard InChI is InChI=1S/C13H25N3O.2ClH/c1-2-15-7-9-16(10-8-15)12(17)13(11-14)5-3-4-6-13;;/h2-11,14H2,1H3;2*1H. The highest BCUT2D eigenvalue weighted by Gasteiger charge is 2.42. The predicted molar refractivity (Wildman–Crippen MR) is 83.1 cm³/mol. The fraction of sp³-hybridized carbons (Fsp3) is 0.923. The molecule has 2 N–H and O–H groups in total. The Bertz CT molecular complexity index is 275. The van der Waals surface area contributed by atoms with Gasteiger partial charge in [-0.05, 0) is 19.4 Å². The molecule has 0 spiro atoms. The van der Waals surface area contributed by atoms with Gasteiger partial charge in [0.1, 0.15) is 0 Å². The normalized spacial score (nSPS) is 22.5. The lowest BCUT2D eigenvalue weighted by Crippen LogP contribution is -2.54. The second-order valence-corrected chi connectivity index (χ2v) is 5.42. The van der Waals surface area contributed by atoms with E-state index in [2.05, 4.69) is 11.8 Å². The maximum absolute atomic E-state index is 12.6. The molecule has 19 heavy (non-hydrogen) atoms. The van der Waals surface area contributed by atoms with E-state index in [0.717, 1.165) is 58.4 Å². The molecule has 0 aromatic carbocycles. The first-order valence-electron chi connectivity index (χ1n) is 6.93. The van der Waals surface area contributed by atoms with Crippen molar-refractivity contribution < 1.29 is 4.79 Å². The summed E-state index contributed by atoms with van der Waals surface area (Å²) in [6.45, 7) is 7.59. The van der Waals surface area contributed by atoms with Crippen molar-refractivity contribution in [3.05, 3.63) is 0 Å². The molecule has 0 aromatic rings. The van der Waals surface area contributed by atoms with E-state index in [1.165, 1.54) is 0 Å². The molecule has 0 radical (unpaired) electrons. The summed E-state index contributed by atoms with van der Waals surface area (Å²) in [5.74, 6) is 0.327. The van der Waals surface area contributed by atoms with E-state index in [-0.39, 0.29) is 30.2 Å². The van der Waals surface area contributed by atoms with E-state index >= 15 is 0 Å². The van der Waals surface area contributed by atoms with Crippen molar-refractivity contribution >= 4 is 30.7 Å². The molecular weight excluding hydrogens is 285 g/mol.